The Hall–Kier alpha value is -0.790. The third-order valence-corrected chi connectivity index (χ3v) is 6.56. The van der Waals surface area contributed by atoms with E-state index in [1.54, 1.807) is 7.11 Å². The number of nitrogens with one attached hydrogen (secondary N) is 1. The summed E-state index contributed by atoms with van der Waals surface area (Å²) in [5, 5.41) is 0. The number of hydrogen-bond acceptors (Lipinski definition) is 4. The average Bonchev–Trinajstić information content (AvgIpc) is 3.01. The van der Waals surface area contributed by atoms with E-state index in [0.29, 0.717) is 18.4 Å². The van der Waals surface area contributed by atoms with E-state index < -0.39 is 11.3 Å². The number of nitrogens with zero attached hydrogens (tertiary/aromatic N) is 1. The number of likely N-dealkylation sites (tertiary alicyclic amines) is 1. The molecule has 1 aliphatic carbocycles. The molecule has 3 unspecified atom stereocenters. The minimum Gasteiger partial charge on any atom is -0.760 e. The van der Waals surface area contributed by atoms with Gasteiger partial charge >= 0.3 is 0 Å². The predicted octanol–water partition coefficient (Wildman–Crippen LogP) is 2.60. The molecule has 1 saturated carbocycles. The lowest BCUT2D eigenvalue weighted by molar-refractivity contribution is 0.142. The summed E-state index contributed by atoms with van der Waals surface area (Å²) in [6, 6.07) is 8.35. The van der Waals surface area contributed by atoms with Crippen molar-refractivity contribution in [3.8, 4) is 0 Å². The van der Waals surface area contributed by atoms with Crippen molar-refractivity contribution in [3.05, 3.63) is 35.4 Å². The SMILES string of the molecule is CCCCCCN1CC2C(C1)C2(COC)c1cccc(CNS(=O)[O-])c1. The molecule has 1 aliphatic heterocycles. The molecule has 0 radical (unpaired) electrons. The quantitative estimate of drug-likeness (QED) is 0.474. The Labute approximate surface area is 159 Å². The molecule has 146 valence electrons. The summed E-state index contributed by atoms with van der Waals surface area (Å²) in [4.78, 5) is 2.62. The van der Waals surface area contributed by atoms with Crippen LogP contribution in [0.2, 0.25) is 0 Å². The molecule has 5 nitrogen and oxygen atoms in total. The highest BCUT2D eigenvalue weighted by Gasteiger charge is 2.68. The first-order valence-corrected chi connectivity index (χ1v) is 10.8. The van der Waals surface area contributed by atoms with Gasteiger partial charge in [0, 0.05) is 43.4 Å². The standard InChI is InChI=1S/C20H32N2O3S/c1-3-4-5-6-10-22-13-18-19(14-22)20(18,15-25-2)17-9-7-8-16(11-17)12-21-26(23)24/h7-9,11,18-19,21H,3-6,10,12-15H2,1-2H3,(H,23,24)/p-1. The third-order valence-electron chi connectivity index (χ3n) is 6.18. The second kappa shape index (κ2) is 8.93. The molecule has 1 heterocycles. The maximum absolute atomic E-state index is 10.8. The van der Waals surface area contributed by atoms with Crippen molar-refractivity contribution in [2.24, 2.45) is 11.8 Å². The summed E-state index contributed by atoms with van der Waals surface area (Å²) in [5.41, 5.74) is 2.42. The first-order chi connectivity index (χ1) is 12.6. The summed E-state index contributed by atoms with van der Waals surface area (Å²) >= 11 is -2.23. The van der Waals surface area contributed by atoms with Crippen LogP contribution in [0, 0.1) is 11.8 Å². The zero-order valence-corrected chi connectivity index (χ0v) is 16.7. The maximum Gasteiger partial charge on any atom is 0.0565 e. The van der Waals surface area contributed by atoms with Crippen molar-refractivity contribution in [2.45, 2.75) is 44.6 Å². The maximum atomic E-state index is 10.8. The van der Waals surface area contributed by atoms with Gasteiger partial charge in [-0.15, -0.1) is 0 Å². The van der Waals surface area contributed by atoms with Gasteiger partial charge in [0.05, 0.1) is 6.61 Å². The Morgan fingerprint density at radius 2 is 2.08 bits per heavy atom. The van der Waals surface area contributed by atoms with Crippen molar-refractivity contribution in [1.82, 2.24) is 9.62 Å². The lowest BCUT2D eigenvalue weighted by atomic mass is 9.89. The number of piperidine rings is 1. The smallest absolute Gasteiger partial charge is 0.0565 e. The summed E-state index contributed by atoms with van der Waals surface area (Å²) in [6.45, 7) is 6.88. The molecule has 0 amide bonds. The Kier molecular flexibility index (Phi) is 6.86. The highest BCUT2D eigenvalue weighted by molar-refractivity contribution is 7.77. The van der Waals surface area contributed by atoms with Gasteiger partial charge in [-0.3, -0.25) is 4.21 Å². The number of benzene rings is 1. The molecule has 0 spiro atoms. The van der Waals surface area contributed by atoms with Crippen LogP contribution in [-0.2, 0) is 28.0 Å². The van der Waals surface area contributed by atoms with Crippen LogP contribution in [0.3, 0.4) is 0 Å². The van der Waals surface area contributed by atoms with E-state index in [4.69, 9.17) is 4.74 Å². The average molecular weight is 380 g/mol. The van der Waals surface area contributed by atoms with Gasteiger partial charge in [0.2, 0.25) is 0 Å². The van der Waals surface area contributed by atoms with Crippen molar-refractivity contribution in [3.63, 3.8) is 0 Å². The van der Waals surface area contributed by atoms with Crippen LogP contribution in [0.4, 0.5) is 0 Å². The molecule has 3 atom stereocenters. The van der Waals surface area contributed by atoms with E-state index >= 15 is 0 Å². The third kappa shape index (κ3) is 4.20. The van der Waals surface area contributed by atoms with Crippen LogP contribution >= 0.6 is 0 Å². The van der Waals surface area contributed by atoms with E-state index in [-0.39, 0.29) is 5.41 Å². The van der Waals surface area contributed by atoms with Crippen LogP contribution in [0.5, 0.6) is 0 Å². The summed E-state index contributed by atoms with van der Waals surface area (Å²) in [7, 11) is 1.78. The van der Waals surface area contributed by atoms with Gasteiger partial charge in [-0.05, 0) is 35.9 Å². The Morgan fingerprint density at radius 1 is 1.31 bits per heavy atom. The number of unbranched alkanes of at least 4 members (excludes halogenated alkanes) is 3. The predicted molar refractivity (Wildman–Crippen MR) is 103 cm³/mol. The summed E-state index contributed by atoms with van der Waals surface area (Å²) in [5.74, 6) is 1.32. The van der Waals surface area contributed by atoms with Gasteiger partial charge in [0.25, 0.3) is 0 Å². The molecule has 0 bridgehead atoms. The first-order valence-electron chi connectivity index (χ1n) is 9.75. The fraction of sp³-hybridized carbons (Fsp3) is 0.700. The Balaban J connectivity index is 1.63. The zero-order valence-electron chi connectivity index (χ0n) is 15.9. The van der Waals surface area contributed by atoms with Crippen LogP contribution in [0.15, 0.2) is 24.3 Å². The lowest BCUT2D eigenvalue weighted by Crippen LogP contribution is -2.33. The molecular weight excluding hydrogens is 348 g/mol. The fourth-order valence-electron chi connectivity index (χ4n) is 4.84. The minimum absolute atomic E-state index is 0.112. The van der Waals surface area contributed by atoms with Crippen molar-refractivity contribution >= 4 is 11.3 Å². The lowest BCUT2D eigenvalue weighted by Gasteiger charge is -2.27. The zero-order chi connectivity index (χ0) is 18.6. The Bertz CT molecular complexity index is 613. The van der Waals surface area contributed by atoms with Gasteiger partial charge < -0.3 is 14.2 Å². The van der Waals surface area contributed by atoms with E-state index in [1.165, 1.54) is 37.8 Å². The van der Waals surface area contributed by atoms with Gasteiger partial charge in [-0.25, -0.2) is 4.72 Å². The number of fused-ring (bicyclic) bond motifs is 1. The molecule has 6 heteroatoms. The van der Waals surface area contributed by atoms with E-state index in [1.807, 2.05) is 12.1 Å². The van der Waals surface area contributed by atoms with Crippen molar-refractivity contribution in [2.75, 3.05) is 33.4 Å². The van der Waals surface area contributed by atoms with Crippen LogP contribution < -0.4 is 4.72 Å². The van der Waals surface area contributed by atoms with Crippen molar-refractivity contribution in [1.29, 1.82) is 0 Å². The molecule has 3 rings (SSSR count). The molecule has 1 N–H and O–H groups in total. The molecule has 1 saturated heterocycles. The van der Waals surface area contributed by atoms with Gasteiger partial charge in [-0.1, -0.05) is 50.5 Å². The number of rotatable bonds is 11. The minimum atomic E-state index is -2.23. The monoisotopic (exact) mass is 379 g/mol. The molecule has 2 aliphatic rings. The second-order valence-corrected chi connectivity index (χ2v) is 8.52. The fourth-order valence-corrected chi connectivity index (χ4v) is 5.12. The van der Waals surface area contributed by atoms with Gasteiger partial charge in [0.15, 0.2) is 0 Å². The van der Waals surface area contributed by atoms with E-state index in [2.05, 4.69) is 28.7 Å². The number of methoxy groups -OCH3 is 1. The topological polar surface area (TPSA) is 64.6 Å². The largest absolute Gasteiger partial charge is 0.760 e. The molecule has 0 aromatic heterocycles. The van der Waals surface area contributed by atoms with Crippen LogP contribution in [-0.4, -0.2) is 47.0 Å². The highest BCUT2D eigenvalue weighted by Crippen LogP contribution is 2.63. The van der Waals surface area contributed by atoms with Crippen LogP contribution in [0.1, 0.15) is 43.7 Å². The number of ether oxygens (including phenoxy) is 1. The van der Waals surface area contributed by atoms with Crippen LogP contribution in [0.25, 0.3) is 0 Å². The Morgan fingerprint density at radius 3 is 2.73 bits per heavy atom. The summed E-state index contributed by atoms with van der Waals surface area (Å²) < 4.78 is 29.6. The van der Waals surface area contributed by atoms with Crippen molar-refractivity contribution < 1.29 is 13.5 Å². The van der Waals surface area contributed by atoms with E-state index in [0.717, 1.165) is 25.3 Å². The highest BCUT2D eigenvalue weighted by atomic mass is 32.2. The van der Waals surface area contributed by atoms with Gasteiger partial charge in [-0.2, -0.15) is 0 Å². The first kappa shape index (κ1) is 20.0. The normalized spacial score (nSPS) is 28.9. The molecule has 26 heavy (non-hydrogen) atoms. The molecule has 1 aromatic carbocycles. The van der Waals surface area contributed by atoms with E-state index in [9.17, 15) is 8.76 Å². The summed E-state index contributed by atoms with van der Waals surface area (Å²) in [6.07, 6.45) is 5.26. The van der Waals surface area contributed by atoms with Gasteiger partial charge in [0.1, 0.15) is 0 Å². The molecular formula is C20H31N2O3S-. The number of hydrogen-bond donors (Lipinski definition) is 1. The second-order valence-electron chi connectivity index (χ2n) is 7.76. The molecule has 2 fully saturated rings. The molecule has 1 aromatic rings.